The number of aromatic nitrogens is 3. The molecule has 0 radical (unpaired) electrons. The van der Waals surface area contributed by atoms with Crippen molar-refractivity contribution in [2.24, 2.45) is 0 Å². The second-order valence-corrected chi connectivity index (χ2v) is 3.71. The summed E-state index contributed by atoms with van der Waals surface area (Å²) in [4.78, 5) is 0. The van der Waals surface area contributed by atoms with Crippen molar-refractivity contribution in [2.45, 2.75) is 44.8 Å². The van der Waals surface area contributed by atoms with Crippen molar-refractivity contribution < 1.29 is 5.11 Å². The standard InChI is InChI=1S/C9H15N3O/c1-2-9(4-3-5-9)12-7-10-11-8(12)6-13/h7,13H,2-6H2,1H3. The molecule has 0 bridgehead atoms. The Morgan fingerprint density at radius 3 is 2.85 bits per heavy atom. The minimum Gasteiger partial charge on any atom is -0.388 e. The monoisotopic (exact) mass is 181 g/mol. The van der Waals surface area contributed by atoms with Crippen molar-refractivity contribution in [1.82, 2.24) is 14.8 Å². The Labute approximate surface area is 77.6 Å². The van der Waals surface area contributed by atoms with E-state index in [9.17, 15) is 0 Å². The molecule has 0 spiro atoms. The Bertz CT molecular complexity index is 285. The molecule has 0 aromatic carbocycles. The normalized spacial score (nSPS) is 19.8. The van der Waals surface area contributed by atoms with Crippen LogP contribution in [0.1, 0.15) is 38.4 Å². The Kier molecular flexibility index (Phi) is 2.07. The summed E-state index contributed by atoms with van der Waals surface area (Å²) in [7, 11) is 0. The van der Waals surface area contributed by atoms with Gasteiger partial charge in [0.05, 0.1) is 0 Å². The lowest BCUT2D eigenvalue weighted by atomic mass is 9.74. The highest BCUT2D eigenvalue weighted by Gasteiger charge is 2.38. The van der Waals surface area contributed by atoms with E-state index in [0.29, 0.717) is 5.82 Å². The van der Waals surface area contributed by atoms with Crippen LogP contribution in [0.5, 0.6) is 0 Å². The molecule has 0 saturated heterocycles. The zero-order chi connectivity index (χ0) is 9.31. The topological polar surface area (TPSA) is 50.9 Å². The van der Waals surface area contributed by atoms with Gasteiger partial charge in [-0.1, -0.05) is 6.92 Å². The average molecular weight is 181 g/mol. The minimum atomic E-state index is -0.0122. The van der Waals surface area contributed by atoms with Gasteiger partial charge in [-0.3, -0.25) is 0 Å². The first-order chi connectivity index (χ1) is 6.32. The van der Waals surface area contributed by atoms with Crippen LogP contribution in [0.2, 0.25) is 0 Å². The maximum absolute atomic E-state index is 9.06. The highest BCUT2D eigenvalue weighted by molar-refractivity contribution is 5.00. The predicted molar refractivity (Wildman–Crippen MR) is 48.1 cm³/mol. The maximum Gasteiger partial charge on any atom is 0.159 e. The third-order valence-electron chi connectivity index (χ3n) is 3.21. The van der Waals surface area contributed by atoms with Crippen molar-refractivity contribution in [3.8, 4) is 0 Å². The van der Waals surface area contributed by atoms with Gasteiger partial charge in [-0.05, 0) is 25.7 Å². The van der Waals surface area contributed by atoms with Gasteiger partial charge in [0.2, 0.25) is 0 Å². The molecule has 4 nitrogen and oxygen atoms in total. The van der Waals surface area contributed by atoms with Crippen LogP contribution >= 0.6 is 0 Å². The highest BCUT2D eigenvalue weighted by Crippen LogP contribution is 2.42. The number of rotatable bonds is 3. The quantitative estimate of drug-likeness (QED) is 0.758. The average Bonchev–Trinajstić information content (AvgIpc) is 2.52. The van der Waals surface area contributed by atoms with Gasteiger partial charge in [0.15, 0.2) is 5.82 Å². The van der Waals surface area contributed by atoms with Gasteiger partial charge in [0.25, 0.3) is 0 Å². The van der Waals surface area contributed by atoms with Crippen molar-refractivity contribution in [3.63, 3.8) is 0 Å². The van der Waals surface area contributed by atoms with Gasteiger partial charge in [0, 0.05) is 5.54 Å². The summed E-state index contributed by atoms with van der Waals surface area (Å²) in [5.74, 6) is 0.696. The smallest absolute Gasteiger partial charge is 0.159 e. The molecule has 0 amide bonds. The fourth-order valence-corrected chi connectivity index (χ4v) is 2.11. The van der Waals surface area contributed by atoms with Crippen LogP contribution in [0.4, 0.5) is 0 Å². The first-order valence-corrected chi connectivity index (χ1v) is 4.82. The molecular weight excluding hydrogens is 166 g/mol. The van der Waals surface area contributed by atoms with Crippen LogP contribution < -0.4 is 0 Å². The molecule has 4 heteroatoms. The molecule has 0 atom stereocenters. The molecule has 1 N–H and O–H groups in total. The Morgan fingerprint density at radius 1 is 1.62 bits per heavy atom. The van der Waals surface area contributed by atoms with E-state index in [4.69, 9.17) is 5.11 Å². The van der Waals surface area contributed by atoms with E-state index >= 15 is 0 Å². The molecule has 1 aromatic rings. The fraction of sp³-hybridized carbons (Fsp3) is 0.778. The van der Waals surface area contributed by atoms with Crippen LogP contribution in [0, 0.1) is 0 Å². The number of aliphatic hydroxyl groups excluding tert-OH is 1. The van der Waals surface area contributed by atoms with Crippen LogP contribution in [0.3, 0.4) is 0 Å². The Balaban J connectivity index is 2.32. The van der Waals surface area contributed by atoms with Crippen molar-refractivity contribution in [2.75, 3.05) is 0 Å². The predicted octanol–water partition coefficient (Wildman–Crippen LogP) is 1.06. The van der Waals surface area contributed by atoms with Gasteiger partial charge >= 0.3 is 0 Å². The van der Waals surface area contributed by atoms with Crippen molar-refractivity contribution >= 4 is 0 Å². The summed E-state index contributed by atoms with van der Waals surface area (Å²) in [6.45, 7) is 2.17. The Morgan fingerprint density at radius 2 is 2.38 bits per heavy atom. The molecular formula is C9H15N3O. The fourth-order valence-electron chi connectivity index (χ4n) is 2.11. The summed E-state index contributed by atoms with van der Waals surface area (Å²) in [6.07, 6.45) is 6.49. The summed E-state index contributed by atoms with van der Waals surface area (Å²) in [6, 6.07) is 0. The first-order valence-electron chi connectivity index (χ1n) is 4.82. The maximum atomic E-state index is 9.06. The largest absolute Gasteiger partial charge is 0.388 e. The zero-order valence-corrected chi connectivity index (χ0v) is 7.90. The number of nitrogens with zero attached hydrogens (tertiary/aromatic N) is 3. The molecule has 2 rings (SSSR count). The van der Waals surface area contributed by atoms with Gasteiger partial charge < -0.3 is 9.67 Å². The number of aliphatic hydroxyl groups is 1. The van der Waals surface area contributed by atoms with Gasteiger partial charge in [0.1, 0.15) is 12.9 Å². The molecule has 13 heavy (non-hydrogen) atoms. The van der Waals surface area contributed by atoms with Crippen LogP contribution in [0.15, 0.2) is 6.33 Å². The number of hydrogen-bond donors (Lipinski definition) is 1. The van der Waals surface area contributed by atoms with E-state index in [1.807, 2.05) is 0 Å². The molecule has 1 aliphatic carbocycles. The molecule has 0 unspecified atom stereocenters. The third-order valence-corrected chi connectivity index (χ3v) is 3.21. The molecule has 0 aliphatic heterocycles. The lowest BCUT2D eigenvalue weighted by molar-refractivity contribution is 0.122. The van der Waals surface area contributed by atoms with Crippen molar-refractivity contribution in [1.29, 1.82) is 0 Å². The van der Waals surface area contributed by atoms with E-state index in [-0.39, 0.29) is 12.1 Å². The lowest BCUT2D eigenvalue weighted by Crippen LogP contribution is -2.40. The van der Waals surface area contributed by atoms with Gasteiger partial charge in [-0.15, -0.1) is 10.2 Å². The minimum absolute atomic E-state index is 0.0122. The van der Waals surface area contributed by atoms with E-state index in [1.165, 1.54) is 19.3 Å². The second-order valence-electron chi connectivity index (χ2n) is 3.71. The molecule has 1 heterocycles. The zero-order valence-electron chi connectivity index (χ0n) is 7.90. The van der Waals surface area contributed by atoms with E-state index in [2.05, 4.69) is 21.7 Å². The van der Waals surface area contributed by atoms with E-state index < -0.39 is 0 Å². The summed E-state index contributed by atoms with van der Waals surface area (Å²) < 4.78 is 2.05. The summed E-state index contributed by atoms with van der Waals surface area (Å²) in [5.41, 5.74) is 0.210. The Hall–Kier alpha value is -0.900. The molecule has 72 valence electrons. The van der Waals surface area contributed by atoms with Crippen LogP contribution in [-0.4, -0.2) is 19.9 Å². The molecule has 1 fully saturated rings. The van der Waals surface area contributed by atoms with Crippen LogP contribution in [-0.2, 0) is 12.1 Å². The van der Waals surface area contributed by atoms with E-state index in [0.717, 1.165) is 6.42 Å². The second kappa shape index (κ2) is 3.10. The molecule has 1 saturated carbocycles. The van der Waals surface area contributed by atoms with Crippen molar-refractivity contribution in [3.05, 3.63) is 12.2 Å². The summed E-state index contributed by atoms with van der Waals surface area (Å²) in [5, 5.41) is 16.8. The van der Waals surface area contributed by atoms with Gasteiger partial charge in [-0.25, -0.2) is 0 Å². The van der Waals surface area contributed by atoms with E-state index in [1.54, 1.807) is 6.33 Å². The third kappa shape index (κ3) is 1.16. The molecule has 1 aliphatic rings. The first kappa shape index (κ1) is 8.69. The van der Waals surface area contributed by atoms with Crippen LogP contribution in [0.25, 0.3) is 0 Å². The number of hydrogen-bond acceptors (Lipinski definition) is 3. The SMILES string of the molecule is CCC1(n2cnnc2CO)CCC1. The highest BCUT2D eigenvalue weighted by atomic mass is 16.3. The summed E-state index contributed by atoms with van der Waals surface area (Å²) >= 11 is 0. The lowest BCUT2D eigenvalue weighted by Gasteiger charge is -2.42. The molecule has 1 aromatic heterocycles. The van der Waals surface area contributed by atoms with Gasteiger partial charge in [-0.2, -0.15) is 0 Å².